The fourth-order valence-electron chi connectivity index (χ4n) is 2.74. The first kappa shape index (κ1) is 22.8. The quantitative estimate of drug-likeness (QED) is 0.521. The molecule has 2 aromatic heterocycles. The van der Waals surface area contributed by atoms with Crippen LogP contribution in [0.25, 0.3) is 17.1 Å². The van der Waals surface area contributed by atoms with Gasteiger partial charge in [-0.15, -0.1) is 10.2 Å². The van der Waals surface area contributed by atoms with Crippen molar-refractivity contribution in [3.8, 4) is 17.1 Å². The molecule has 0 saturated carbocycles. The van der Waals surface area contributed by atoms with Gasteiger partial charge in [-0.25, -0.2) is 4.79 Å². The van der Waals surface area contributed by atoms with E-state index in [0.29, 0.717) is 28.5 Å². The molecule has 8 nitrogen and oxygen atoms in total. The minimum absolute atomic E-state index is 0.00317. The number of carbonyl (C=O) groups excluding carboxylic acids is 2. The Labute approximate surface area is 189 Å². The maximum Gasteiger partial charge on any atom is 0.321 e. The molecule has 162 valence electrons. The zero-order valence-electron chi connectivity index (χ0n) is 17.4. The number of imide groups is 1. The van der Waals surface area contributed by atoms with Gasteiger partial charge in [-0.2, -0.15) is 0 Å². The second-order valence-electron chi connectivity index (χ2n) is 7.20. The number of nitrogens with zero attached hydrogens (tertiary/aromatic N) is 4. The fourth-order valence-corrected chi connectivity index (χ4v) is 3.66. The monoisotopic (exact) mass is 458 g/mol. The molecule has 0 unspecified atom stereocenters. The first-order valence-corrected chi connectivity index (χ1v) is 11.0. The molecule has 3 aromatic rings. The molecule has 0 radical (unpaired) electrons. The number of rotatable bonds is 7. The zero-order valence-corrected chi connectivity index (χ0v) is 19.0. The minimum Gasteiger partial charge on any atom is -0.338 e. The SMILES string of the molecule is Cc1c(Cl)cccc1-n1c(SCC(=O)NC(=O)NCC(C)C)nnc1-c1ccncc1. The largest absolute Gasteiger partial charge is 0.338 e. The number of aromatic nitrogens is 4. The van der Waals surface area contributed by atoms with Crippen molar-refractivity contribution in [1.82, 2.24) is 30.4 Å². The van der Waals surface area contributed by atoms with Crippen molar-refractivity contribution in [3.63, 3.8) is 0 Å². The van der Waals surface area contributed by atoms with Gasteiger partial charge >= 0.3 is 6.03 Å². The summed E-state index contributed by atoms with van der Waals surface area (Å²) in [7, 11) is 0. The second-order valence-corrected chi connectivity index (χ2v) is 8.55. The van der Waals surface area contributed by atoms with Crippen LogP contribution in [0.5, 0.6) is 0 Å². The predicted octanol–water partition coefficient (Wildman–Crippen LogP) is 3.87. The summed E-state index contributed by atoms with van der Waals surface area (Å²) in [4.78, 5) is 28.1. The van der Waals surface area contributed by atoms with Crippen LogP contribution in [-0.2, 0) is 4.79 Å². The maximum absolute atomic E-state index is 12.2. The molecular weight excluding hydrogens is 436 g/mol. The van der Waals surface area contributed by atoms with Crippen molar-refractivity contribution in [2.24, 2.45) is 5.92 Å². The molecule has 0 fully saturated rings. The average Bonchev–Trinajstić information content (AvgIpc) is 3.17. The van der Waals surface area contributed by atoms with Crippen molar-refractivity contribution in [2.75, 3.05) is 12.3 Å². The van der Waals surface area contributed by atoms with Gasteiger partial charge in [0.25, 0.3) is 0 Å². The van der Waals surface area contributed by atoms with E-state index < -0.39 is 11.9 Å². The van der Waals surface area contributed by atoms with Gasteiger partial charge in [-0.05, 0) is 42.7 Å². The van der Waals surface area contributed by atoms with Crippen LogP contribution in [0.2, 0.25) is 5.02 Å². The van der Waals surface area contributed by atoms with E-state index in [9.17, 15) is 9.59 Å². The highest BCUT2D eigenvalue weighted by Gasteiger charge is 2.19. The molecule has 3 amide bonds. The van der Waals surface area contributed by atoms with E-state index in [2.05, 4.69) is 25.8 Å². The van der Waals surface area contributed by atoms with Crippen molar-refractivity contribution in [2.45, 2.75) is 25.9 Å². The number of pyridine rings is 1. The Kier molecular flexibility index (Phi) is 7.64. The summed E-state index contributed by atoms with van der Waals surface area (Å²) in [5.41, 5.74) is 2.49. The summed E-state index contributed by atoms with van der Waals surface area (Å²) < 4.78 is 1.85. The Morgan fingerprint density at radius 2 is 1.90 bits per heavy atom. The second kappa shape index (κ2) is 10.4. The highest BCUT2D eigenvalue weighted by molar-refractivity contribution is 7.99. The summed E-state index contributed by atoms with van der Waals surface area (Å²) >= 11 is 7.52. The summed E-state index contributed by atoms with van der Waals surface area (Å²) in [6.07, 6.45) is 3.35. The summed E-state index contributed by atoms with van der Waals surface area (Å²) in [5, 5.41) is 14.7. The van der Waals surface area contributed by atoms with Crippen molar-refractivity contribution >= 4 is 35.3 Å². The van der Waals surface area contributed by atoms with Crippen LogP contribution >= 0.6 is 23.4 Å². The summed E-state index contributed by atoms with van der Waals surface area (Å²) in [6, 6.07) is 8.73. The molecule has 2 N–H and O–H groups in total. The molecule has 0 aliphatic rings. The lowest BCUT2D eigenvalue weighted by molar-refractivity contribution is -0.117. The van der Waals surface area contributed by atoms with Gasteiger partial charge in [0.1, 0.15) is 0 Å². The van der Waals surface area contributed by atoms with Crippen molar-refractivity contribution in [3.05, 3.63) is 53.3 Å². The Morgan fingerprint density at radius 1 is 1.16 bits per heavy atom. The van der Waals surface area contributed by atoms with E-state index >= 15 is 0 Å². The molecule has 0 bridgehead atoms. The average molecular weight is 459 g/mol. The molecule has 1 aromatic carbocycles. The van der Waals surface area contributed by atoms with Crippen molar-refractivity contribution < 1.29 is 9.59 Å². The van der Waals surface area contributed by atoms with Crippen LogP contribution in [0.4, 0.5) is 4.79 Å². The van der Waals surface area contributed by atoms with Gasteiger partial charge < -0.3 is 5.32 Å². The number of halogens is 1. The number of thioether (sulfide) groups is 1. The maximum atomic E-state index is 12.2. The predicted molar refractivity (Wildman–Crippen MR) is 121 cm³/mol. The Bertz CT molecular complexity index is 1070. The minimum atomic E-state index is -0.510. The van der Waals surface area contributed by atoms with Gasteiger partial charge in [-0.3, -0.25) is 19.7 Å². The summed E-state index contributed by atoms with van der Waals surface area (Å²) in [5.74, 6) is 0.476. The topological polar surface area (TPSA) is 102 Å². The van der Waals surface area contributed by atoms with Crippen LogP contribution in [-0.4, -0.2) is 44.0 Å². The zero-order chi connectivity index (χ0) is 22.4. The molecule has 0 spiro atoms. The van der Waals surface area contributed by atoms with Gasteiger partial charge in [0.05, 0.1) is 11.4 Å². The molecule has 0 aliphatic heterocycles. The first-order valence-electron chi connectivity index (χ1n) is 9.68. The van der Waals surface area contributed by atoms with Crippen LogP contribution in [0, 0.1) is 12.8 Å². The molecule has 2 heterocycles. The standard InChI is InChI=1S/C21H23ClN6O2S/c1-13(2)11-24-20(30)25-18(29)12-31-21-27-26-19(15-7-9-23-10-8-15)28(21)17-6-4-5-16(22)14(17)3/h4-10,13H,11-12H2,1-3H3,(H2,24,25,29,30). The Morgan fingerprint density at radius 3 is 2.61 bits per heavy atom. The number of carbonyl (C=O) groups is 2. The van der Waals surface area contributed by atoms with E-state index in [-0.39, 0.29) is 5.75 Å². The highest BCUT2D eigenvalue weighted by atomic mass is 35.5. The van der Waals surface area contributed by atoms with E-state index in [4.69, 9.17) is 11.6 Å². The van der Waals surface area contributed by atoms with E-state index in [0.717, 1.165) is 16.8 Å². The number of urea groups is 1. The lowest BCUT2D eigenvalue weighted by Crippen LogP contribution is -2.41. The third-order valence-corrected chi connectivity index (χ3v) is 5.65. The lowest BCUT2D eigenvalue weighted by Gasteiger charge is -2.14. The molecule has 0 saturated heterocycles. The number of benzene rings is 1. The molecule has 0 aliphatic carbocycles. The fraction of sp³-hybridized carbons (Fsp3) is 0.286. The Balaban J connectivity index is 1.84. The molecule has 0 atom stereocenters. The van der Waals surface area contributed by atoms with Crippen molar-refractivity contribution in [1.29, 1.82) is 0 Å². The van der Waals surface area contributed by atoms with Gasteiger partial charge in [-0.1, -0.05) is 43.3 Å². The molecular formula is C21H23ClN6O2S. The first-order chi connectivity index (χ1) is 14.9. The summed E-state index contributed by atoms with van der Waals surface area (Å²) in [6.45, 7) is 6.35. The van der Waals surface area contributed by atoms with Crippen LogP contribution in [0.3, 0.4) is 0 Å². The van der Waals surface area contributed by atoms with E-state index in [1.807, 2.05) is 55.7 Å². The molecule has 31 heavy (non-hydrogen) atoms. The van der Waals surface area contributed by atoms with Crippen LogP contribution in [0.15, 0.2) is 47.9 Å². The highest BCUT2D eigenvalue weighted by Crippen LogP contribution is 2.31. The van der Waals surface area contributed by atoms with Crippen LogP contribution in [0.1, 0.15) is 19.4 Å². The number of amides is 3. The van der Waals surface area contributed by atoms with Crippen LogP contribution < -0.4 is 10.6 Å². The third kappa shape index (κ3) is 5.83. The van der Waals surface area contributed by atoms with Gasteiger partial charge in [0.2, 0.25) is 5.91 Å². The normalized spacial score (nSPS) is 10.9. The lowest BCUT2D eigenvalue weighted by atomic mass is 10.2. The van der Waals surface area contributed by atoms with Gasteiger partial charge in [0, 0.05) is 29.5 Å². The number of hydrogen-bond donors (Lipinski definition) is 2. The smallest absolute Gasteiger partial charge is 0.321 e. The molecule has 10 heteroatoms. The van der Waals surface area contributed by atoms with E-state index in [1.165, 1.54) is 11.8 Å². The number of nitrogens with one attached hydrogen (secondary N) is 2. The van der Waals surface area contributed by atoms with Gasteiger partial charge in [0.15, 0.2) is 11.0 Å². The number of hydrogen-bond acceptors (Lipinski definition) is 6. The Hall–Kier alpha value is -2.91. The van der Waals surface area contributed by atoms with E-state index in [1.54, 1.807) is 12.4 Å². The third-order valence-electron chi connectivity index (χ3n) is 4.31. The molecule has 3 rings (SSSR count).